The van der Waals surface area contributed by atoms with Crippen molar-refractivity contribution in [3.05, 3.63) is 27.5 Å². The Kier molecular flexibility index (Phi) is 4.11. The Balaban J connectivity index is 3.01. The highest BCUT2D eigenvalue weighted by molar-refractivity contribution is 5.91. The van der Waals surface area contributed by atoms with Gasteiger partial charge >= 0.3 is 0 Å². The van der Waals surface area contributed by atoms with Gasteiger partial charge in [0.1, 0.15) is 0 Å². The van der Waals surface area contributed by atoms with Gasteiger partial charge in [-0.2, -0.15) is 0 Å². The van der Waals surface area contributed by atoms with E-state index in [4.69, 9.17) is 14.2 Å². The Morgan fingerprint density at radius 2 is 1.67 bits per heavy atom. The number of nitrogens with one attached hydrogen (secondary N) is 1. The second-order valence-corrected chi connectivity index (χ2v) is 5.22. The quantitative estimate of drug-likeness (QED) is 0.940. The molecule has 1 aromatic heterocycles. The van der Waals surface area contributed by atoms with Crippen LogP contribution in [0.2, 0.25) is 0 Å². The Hall–Kier alpha value is -2.17. The fourth-order valence-electron chi connectivity index (χ4n) is 2.75. The van der Waals surface area contributed by atoms with Crippen molar-refractivity contribution in [3.8, 4) is 17.2 Å². The fraction of sp³-hybridized carbons (Fsp3) is 0.438. The summed E-state index contributed by atoms with van der Waals surface area (Å²) in [5.41, 5.74) is 2.26. The number of methoxy groups -OCH3 is 3. The van der Waals surface area contributed by atoms with Crippen LogP contribution >= 0.6 is 0 Å². The summed E-state index contributed by atoms with van der Waals surface area (Å²) in [6, 6.07) is 1.76. The number of hydrogen-bond acceptors (Lipinski definition) is 4. The molecule has 0 aliphatic rings. The monoisotopic (exact) mass is 291 g/mol. The van der Waals surface area contributed by atoms with Crippen molar-refractivity contribution in [3.63, 3.8) is 0 Å². The van der Waals surface area contributed by atoms with Crippen molar-refractivity contribution >= 4 is 10.9 Å². The second kappa shape index (κ2) is 5.68. The summed E-state index contributed by atoms with van der Waals surface area (Å²) >= 11 is 0. The highest BCUT2D eigenvalue weighted by Crippen LogP contribution is 2.42. The number of aromatic amines is 1. The molecule has 0 saturated heterocycles. The van der Waals surface area contributed by atoms with Gasteiger partial charge in [-0.05, 0) is 12.8 Å². The lowest BCUT2D eigenvalue weighted by molar-refractivity contribution is 0.327. The molecule has 0 aliphatic heterocycles. The van der Waals surface area contributed by atoms with Crippen molar-refractivity contribution in [2.75, 3.05) is 21.3 Å². The average Bonchev–Trinajstić information content (AvgIpc) is 2.44. The number of H-pyrrole nitrogens is 1. The Morgan fingerprint density at radius 1 is 1.05 bits per heavy atom. The second-order valence-electron chi connectivity index (χ2n) is 5.22. The van der Waals surface area contributed by atoms with Crippen LogP contribution in [0.15, 0.2) is 10.9 Å². The van der Waals surface area contributed by atoms with Crippen LogP contribution in [-0.2, 0) is 0 Å². The Labute approximate surface area is 123 Å². The minimum Gasteiger partial charge on any atom is -0.493 e. The summed E-state index contributed by atoms with van der Waals surface area (Å²) in [6.07, 6.45) is 0. The predicted molar refractivity (Wildman–Crippen MR) is 83.1 cm³/mol. The van der Waals surface area contributed by atoms with Gasteiger partial charge in [-0.15, -0.1) is 0 Å². The molecule has 0 bridgehead atoms. The van der Waals surface area contributed by atoms with Crippen molar-refractivity contribution < 1.29 is 14.2 Å². The molecule has 0 radical (unpaired) electrons. The topological polar surface area (TPSA) is 60.6 Å². The number of aryl methyl sites for hydroxylation is 1. The molecule has 2 aromatic rings. The third kappa shape index (κ3) is 2.33. The van der Waals surface area contributed by atoms with Crippen LogP contribution in [0.4, 0.5) is 0 Å². The van der Waals surface area contributed by atoms with Crippen molar-refractivity contribution in [1.82, 2.24) is 4.98 Å². The molecule has 5 heteroatoms. The highest BCUT2D eigenvalue weighted by Gasteiger charge is 2.21. The van der Waals surface area contributed by atoms with Gasteiger partial charge in [0, 0.05) is 17.3 Å². The van der Waals surface area contributed by atoms with Crippen molar-refractivity contribution in [2.24, 2.45) is 0 Å². The molecule has 1 aromatic carbocycles. The zero-order valence-corrected chi connectivity index (χ0v) is 13.3. The minimum atomic E-state index is -0.0333. The minimum absolute atomic E-state index is 0.0333. The summed E-state index contributed by atoms with van der Waals surface area (Å²) < 4.78 is 16.1. The molecule has 0 saturated carbocycles. The van der Waals surface area contributed by atoms with Gasteiger partial charge in [0.25, 0.3) is 0 Å². The first-order valence-corrected chi connectivity index (χ1v) is 6.81. The van der Waals surface area contributed by atoms with E-state index in [-0.39, 0.29) is 11.3 Å². The lowest BCUT2D eigenvalue weighted by atomic mass is 9.98. The molecule has 2 rings (SSSR count). The summed E-state index contributed by atoms with van der Waals surface area (Å²) in [6.45, 7) is 5.90. The molecule has 1 N–H and O–H groups in total. The molecule has 5 nitrogen and oxygen atoms in total. The molecule has 0 atom stereocenters. The summed E-state index contributed by atoms with van der Waals surface area (Å²) in [5.74, 6) is 1.47. The number of rotatable bonds is 4. The molecule has 21 heavy (non-hydrogen) atoms. The van der Waals surface area contributed by atoms with E-state index in [0.717, 1.165) is 11.3 Å². The van der Waals surface area contributed by atoms with E-state index >= 15 is 0 Å². The number of fused-ring (bicyclic) bond motifs is 1. The van der Waals surface area contributed by atoms with Gasteiger partial charge in [0.15, 0.2) is 16.9 Å². The van der Waals surface area contributed by atoms with Crippen LogP contribution in [0, 0.1) is 6.92 Å². The maximum absolute atomic E-state index is 12.8. The van der Waals surface area contributed by atoms with Gasteiger partial charge in [0.2, 0.25) is 5.75 Å². The normalized spacial score (nSPS) is 11.0. The van der Waals surface area contributed by atoms with Crippen LogP contribution in [0.25, 0.3) is 10.9 Å². The lowest BCUT2D eigenvalue weighted by Gasteiger charge is -2.17. The number of ether oxygens (including phenoxy) is 3. The standard InChI is InChI=1S/C16H21NO4/c1-8(2)12-9(3)17-10-7-11(19-4)15(20-5)16(21-6)13(10)14(12)18/h7-8H,1-6H3,(H,17,18). The van der Waals surface area contributed by atoms with Gasteiger partial charge in [0.05, 0.1) is 32.2 Å². The van der Waals surface area contributed by atoms with Gasteiger partial charge < -0.3 is 19.2 Å². The van der Waals surface area contributed by atoms with E-state index in [2.05, 4.69) is 4.98 Å². The molecule has 0 amide bonds. The highest BCUT2D eigenvalue weighted by atomic mass is 16.5. The largest absolute Gasteiger partial charge is 0.493 e. The molecule has 114 valence electrons. The Morgan fingerprint density at radius 3 is 2.14 bits per heavy atom. The van der Waals surface area contributed by atoms with E-state index in [1.807, 2.05) is 20.8 Å². The van der Waals surface area contributed by atoms with Crippen LogP contribution in [0.5, 0.6) is 17.2 Å². The van der Waals surface area contributed by atoms with Crippen LogP contribution in [-0.4, -0.2) is 26.3 Å². The van der Waals surface area contributed by atoms with Crippen LogP contribution in [0.1, 0.15) is 31.0 Å². The van der Waals surface area contributed by atoms with Crippen LogP contribution < -0.4 is 19.6 Å². The van der Waals surface area contributed by atoms with Crippen molar-refractivity contribution in [2.45, 2.75) is 26.7 Å². The van der Waals surface area contributed by atoms with E-state index in [9.17, 15) is 4.79 Å². The molecule has 0 aliphatic carbocycles. The van der Waals surface area contributed by atoms with E-state index in [1.165, 1.54) is 14.2 Å². The zero-order chi connectivity index (χ0) is 15.7. The third-order valence-corrected chi connectivity index (χ3v) is 3.61. The number of aromatic nitrogens is 1. The number of pyridine rings is 1. The first-order valence-electron chi connectivity index (χ1n) is 6.81. The molecule has 1 heterocycles. The summed E-state index contributed by atoms with van der Waals surface area (Å²) in [5, 5.41) is 0.490. The van der Waals surface area contributed by atoms with Gasteiger partial charge in [-0.1, -0.05) is 13.8 Å². The molecule has 0 fully saturated rings. The maximum Gasteiger partial charge on any atom is 0.204 e. The third-order valence-electron chi connectivity index (χ3n) is 3.61. The first kappa shape index (κ1) is 15.2. The molecule has 0 unspecified atom stereocenters. The SMILES string of the molecule is COc1cc2[nH]c(C)c(C(C)C)c(=O)c2c(OC)c1OC. The summed E-state index contributed by atoms with van der Waals surface area (Å²) in [7, 11) is 4.60. The Bertz CT molecular complexity index is 731. The zero-order valence-electron chi connectivity index (χ0n) is 13.3. The fourth-order valence-corrected chi connectivity index (χ4v) is 2.75. The van der Waals surface area contributed by atoms with E-state index < -0.39 is 0 Å². The summed E-state index contributed by atoms with van der Waals surface area (Å²) in [4.78, 5) is 16.1. The molecular weight excluding hydrogens is 270 g/mol. The molecular formula is C16H21NO4. The van der Waals surface area contributed by atoms with Gasteiger partial charge in [-0.25, -0.2) is 0 Å². The smallest absolute Gasteiger partial charge is 0.204 e. The average molecular weight is 291 g/mol. The van der Waals surface area contributed by atoms with E-state index in [0.29, 0.717) is 28.2 Å². The van der Waals surface area contributed by atoms with Crippen molar-refractivity contribution in [1.29, 1.82) is 0 Å². The maximum atomic E-state index is 12.8. The number of benzene rings is 1. The predicted octanol–water partition coefficient (Wildman–Crippen LogP) is 2.99. The van der Waals surface area contributed by atoms with Crippen LogP contribution in [0.3, 0.4) is 0 Å². The van der Waals surface area contributed by atoms with Gasteiger partial charge in [-0.3, -0.25) is 4.79 Å². The lowest BCUT2D eigenvalue weighted by Crippen LogP contribution is -2.16. The number of hydrogen-bond donors (Lipinski definition) is 1. The first-order chi connectivity index (χ1) is 9.96. The molecule has 0 spiro atoms. The van der Waals surface area contributed by atoms with E-state index in [1.54, 1.807) is 13.2 Å².